The van der Waals surface area contributed by atoms with Crippen LogP contribution in [0, 0.1) is 18.8 Å². The number of aliphatic hydroxyl groups is 1. The maximum atomic E-state index is 13.7. The zero-order valence-electron chi connectivity index (χ0n) is 35.2. The van der Waals surface area contributed by atoms with Gasteiger partial charge >= 0.3 is 6.09 Å². The summed E-state index contributed by atoms with van der Waals surface area (Å²) in [6, 6.07) is 13.0. The first kappa shape index (κ1) is 40.9. The van der Waals surface area contributed by atoms with Crippen molar-refractivity contribution in [3.63, 3.8) is 0 Å². The SMILES string of the molecule is COC(=O)N[C@H](C(=O)N1CCC[C@H]1c1ncc(-c2ccc3c(c2)cc2c4ccc(-c5cnc([C@H]6CCCN6C(=O)[C@@H](NC(O)OC)C(C)C)[nH]5)cc4nc(C)n32)[nH]1)C(C)C. The highest BCUT2D eigenvalue weighted by Gasteiger charge is 2.39. The second kappa shape index (κ2) is 16.7. The monoisotopic (exact) mass is 818 g/mol. The molecule has 316 valence electrons. The molecule has 6 heterocycles. The number of H-pyrrole nitrogens is 2. The van der Waals surface area contributed by atoms with Gasteiger partial charge in [0.15, 0.2) is 0 Å². The quantitative estimate of drug-likeness (QED) is 0.0918. The average molecular weight is 819 g/mol. The van der Waals surface area contributed by atoms with Gasteiger partial charge in [0.1, 0.15) is 23.5 Å². The van der Waals surface area contributed by atoms with E-state index in [0.29, 0.717) is 13.1 Å². The van der Waals surface area contributed by atoms with Crippen LogP contribution in [0.4, 0.5) is 4.79 Å². The Morgan fingerprint density at radius 2 is 1.38 bits per heavy atom. The van der Waals surface area contributed by atoms with Crippen molar-refractivity contribution in [3.05, 3.63) is 72.3 Å². The number of imidazole rings is 2. The van der Waals surface area contributed by atoms with Crippen LogP contribution < -0.4 is 10.6 Å². The smallest absolute Gasteiger partial charge is 0.407 e. The number of fused-ring (bicyclic) bond motifs is 5. The van der Waals surface area contributed by atoms with Gasteiger partial charge in [-0.3, -0.25) is 19.3 Å². The minimum atomic E-state index is -1.24. The Balaban J connectivity index is 1.04. The summed E-state index contributed by atoms with van der Waals surface area (Å²) in [4.78, 5) is 64.6. The van der Waals surface area contributed by atoms with Crippen LogP contribution in [0.2, 0.25) is 0 Å². The second-order valence-corrected chi connectivity index (χ2v) is 16.6. The number of methoxy groups -OCH3 is 2. The molecule has 5 N–H and O–H groups in total. The van der Waals surface area contributed by atoms with E-state index in [9.17, 15) is 19.5 Å². The van der Waals surface area contributed by atoms with E-state index in [1.165, 1.54) is 14.2 Å². The van der Waals surface area contributed by atoms with E-state index in [0.717, 1.165) is 93.0 Å². The Labute approximate surface area is 348 Å². The summed E-state index contributed by atoms with van der Waals surface area (Å²) >= 11 is 0. The number of nitrogens with one attached hydrogen (secondary N) is 4. The van der Waals surface area contributed by atoms with Crippen molar-refractivity contribution < 1.29 is 29.0 Å². The van der Waals surface area contributed by atoms with E-state index in [1.807, 2.05) is 56.8 Å². The van der Waals surface area contributed by atoms with Crippen LogP contribution in [0.1, 0.15) is 82.9 Å². The number of hydrogen-bond donors (Lipinski definition) is 5. The first-order valence-corrected chi connectivity index (χ1v) is 20.7. The number of hydrogen-bond acceptors (Lipinski definition) is 10. The van der Waals surface area contributed by atoms with Crippen molar-refractivity contribution >= 4 is 45.2 Å². The van der Waals surface area contributed by atoms with Gasteiger partial charge in [0.05, 0.1) is 65.6 Å². The van der Waals surface area contributed by atoms with E-state index in [1.54, 1.807) is 0 Å². The molecule has 8 rings (SSSR count). The summed E-state index contributed by atoms with van der Waals surface area (Å²) in [7, 11) is 2.68. The first-order valence-electron chi connectivity index (χ1n) is 20.7. The summed E-state index contributed by atoms with van der Waals surface area (Å²) in [6.45, 7) is 10.9. The molecule has 1 unspecified atom stereocenters. The van der Waals surface area contributed by atoms with Crippen molar-refractivity contribution in [2.24, 2.45) is 11.8 Å². The number of aromatic nitrogens is 6. The van der Waals surface area contributed by atoms with Gasteiger partial charge in [-0.05, 0) is 68.7 Å². The molecule has 0 saturated carbocycles. The molecule has 4 aromatic heterocycles. The number of rotatable bonds is 12. The minimum absolute atomic E-state index is 0.0582. The van der Waals surface area contributed by atoms with E-state index in [-0.39, 0.29) is 35.7 Å². The van der Waals surface area contributed by atoms with Crippen molar-refractivity contribution in [2.75, 3.05) is 27.3 Å². The Hall–Kier alpha value is -5.84. The number of nitrogens with zero attached hydrogens (tertiary/aromatic N) is 6. The lowest BCUT2D eigenvalue weighted by molar-refractivity contribution is -0.145. The molecular weight excluding hydrogens is 765 g/mol. The Kier molecular flexibility index (Phi) is 11.4. The predicted molar refractivity (Wildman–Crippen MR) is 226 cm³/mol. The van der Waals surface area contributed by atoms with Crippen LogP contribution >= 0.6 is 0 Å². The van der Waals surface area contributed by atoms with Crippen molar-refractivity contribution in [2.45, 2.75) is 90.9 Å². The van der Waals surface area contributed by atoms with Crippen LogP contribution in [-0.2, 0) is 19.1 Å². The van der Waals surface area contributed by atoms with E-state index < -0.39 is 24.6 Å². The summed E-state index contributed by atoms with van der Waals surface area (Å²) in [5, 5.41) is 17.7. The molecular formula is C44H54N10O6. The third-order valence-corrected chi connectivity index (χ3v) is 12.1. The fraction of sp³-hybridized carbons (Fsp3) is 0.455. The number of ether oxygens (including phenoxy) is 2. The number of aromatic amines is 2. The zero-order chi connectivity index (χ0) is 42.4. The largest absolute Gasteiger partial charge is 0.453 e. The third-order valence-electron chi connectivity index (χ3n) is 12.1. The molecule has 0 bridgehead atoms. The number of benzene rings is 2. The number of alkyl carbamates (subject to hydrolysis) is 1. The Morgan fingerprint density at radius 1 is 0.800 bits per heavy atom. The molecule has 16 nitrogen and oxygen atoms in total. The lowest BCUT2D eigenvalue weighted by atomic mass is 10.0. The highest BCUT2D eigenvalue weighted by molar-refractivity contribution is 6.03. The third kappa shape index (κ3) is 7.58. The van der Waals surface area contributed by atoms with Gasteiger partial charge in [-0.25, -0.2) is 19.7 Å². The van der Waals surface area contributed by atoms with Crippen LogP contribution in [-0.4, -0.2) is 108 Å². The topological polar surface area (TPSA) is 195 Å². The highest BCUT2D eigenvalue weighted by Crippen LogP contribution is 2.36. The number of aliphatic hydroxyl groups excluding tert-OH is 1. The summed E-state index contributed by atoms with van der Waals surface area (Å²) < 4.78 is 11.9. The number of carbonyl (C=O) groups excluding carboxylic acids is 3. The molecule has 16 heteroatoms. The summed E-state index contributed by atoms with van der Waals surface area (Å²) in [6.07, 6.45) is 5.03. The zero-order valence-corrected chi connectivity index (χ0v) is 35.2. The number of carbonyl (C=O) groups is 3. The number of aryl methyl sites for hydroxylation is 1. The van der Waals surface area contributed by atoms with Crippen LogP contribution in [0.15, 0.2) is 54.9 Å². The average Bonchev–Trinajstić information content (AvgIpc) is 4.09. The Bertz CT molecular complexity index is 2560. The molecule has 0 spiro atoms. The van der Waals surface area contributed by atoms with Crippen molar-refractivity contribution in [3.8, 4) is 22.5 Å². The maximum Gasteiger partial charge on any atom is 0.407 e. The number of likely N-dealkylation sites (tertiary alicyclic amines) is 2. The standard InChI is InChI=1S/C44H54N10O6/c1-23(2)37(50-43(57)59-6)41(55)52-16-8-10-34(52)39-45-21-31(48-39)26-13-15-33-28(18-26)20-36-29-14-12-27(19-30(29)47-25(5)54(33)36)32-22-46-40(49-32)35-11-9-17-53(35)42(56)38(24(3)4)51-44(58)60-7/h12-15,18-24,34-35,37-38,44,51,58H,8-11,16-17H2,1-7H3,(H,45,48)(H,46,49)(H,50,57)/t34-,35+,37-,38-,44?/m0/s1. The van der Waals surface area contributed by atoms with E-state index >= 15 is 0 Å². The van der Waals surface area contributed by atoms with Gasteiger partial charge in [0, 0.05) is 42.1 Å². The van der Waals surface area contributed by atoms with Crippen molar-refractivity contribution in [1.82, 2.24) is 49.8 Å². The first-order chi connectivity index (χ1) is 28.9. The molecule has 2 saturated heterocycles. The molecule has 0 radical (unpaired) electrons. The summed E-state index contributed by atoms with van der Waals surface area (Å²) in [5.41, 5.74) is 6.53. The molecule has 2 aliphatic rings. The molecule has 6 aromatic rings. The molecule has 5 atom stereocenters. The number of amides is 3. The van der Waals surface area contributed by atoms with Crippen molar-refractivity contribution in [1.29, 1.82) is 0 Å². The van der Waals surface area contributed by atoms with Gasteiger partial charge in [-0.2, -0.15) is 0 Å². The molecule has 2 fully saturated rings. The van der Waals surface area contributed by atoms with E-state index in [2.05, 4.69) is 67.5 Å². The van der Waals surface area contributed by atoms with Crippen LogP contribution in [0.3, 0.4) is 0 Å². The molecule has 2 aliphatic heterocycles. The van der Waals surface area contributed by atoms with Gasteiger partial charge < -0.3 is 39.7 Å². The van der Waals surface area contributed by atoms with Crippen LogP contribution in [0.5, 0.6) is 0 Å². The van der Waals surface area contributed by atoms with Gasteiger partial charge in [0.25, 0.3) is 0 Å². The lowest BCUT2D eigenvalue weighted by Crippen LogP contribution is -2.52. The lowest BCUT2D eigenvalue weighted by Gasteiger charge is -2.31. The predicted octanol–water partition coefficient (Wildman–Crippen LogP) is 5.97. The fourth-order valence-corrected chi connectivity index (χ4v) is 8.92. The van der Waals surface area contributed by atoms with E-state index in [4.69, 9.17) is 24.4 Å². The molecule has 3 amide bonds. The van der Waals surface area contributed by atoms with Gasteiger partial charge in [-0.15, -0.1) is 0 Å². The summed E-state index contributed by atoms with van der Waals surface area (Å²) in [5.74, 6) is 1.89. The van der Waals surface area contributed by atoms with Gasteiger partial charge in [-0.1, -0.05) is 45.9 Å². The van der Waals surface area contributed by atoms with Crippen LogP contribution in [0.25, 0.3) is 49.8 Å². The minimum Gasteiger partial charge on any atom is -0.453 e. The highest BCUT2D eigenvalue weighted by atomic mass is 16.6. The molecule has 2 aromatic carbocycles. The molecule has 0 aliphatic carbocycles. The normalized spacial score (nSPS) is 18.6. The van der Waals surface area contributed by atoms with Gasteiger partial charge in [0.2, 0.25) is 18.2 Å². The molecule has 60 heavy (non-hydrogen) atoms. The fourth-order valence-electron chi connectivity index (χ4n) is 8.92. The second-order valence-electron chi connectivity index (χ2n) is 16.6. The Morgan fingerprint density at radius 3 is 1.97 bits per heavy atom. The maximum absolute atomic E-state index is 13.7.